The van der Waals surface area contributed by atoms with Crippen molar-refractivity contribution in [2.24, 2.45) is 23.7 Å². The molecule has 5 atom stereocenters. The van der Waals surface area contributed by atoms with E-state index in [0.29, 0.717) is 5.02 Å². The van der Waals surface area contributed by atoms with Gasteiger partial charge in [0.1, 0.15) is 0 Å². The van der Waals surface area contributed by atoms with Crippen LogP contribution in [0.15, 0.2) is 36.4 Å². The number of hydrogen-bond donors (Lipinski definition) is 2. The summed E-state index contributed by atoms with van der Waals surface area (Å²) in [5.74, 6) is -2.18. The van der Waals surface area contributed by atoms with Crippen LogP contribution in [-0.2, 0) is 9.59 Å². The van der Waals surface area contributed by atoms with Crippen LogP contribution in [-0.4, -0.2) is 17.0 Å². The van der Waals surface area contributed by atoms with Crippen molar-refractivity contribution in [2.75, 3.05) is 0 Å². The van der Waals surface area contributed by atoms with Crippen LogP contribution in [0.1, 0.15) is 24.9 Å². The summed E-state index contributed by atoms with van der Waals surface area (Å²) in [5, 5.41) is 12.9. The summed E-state index contributed by atoms with van der Waals surface area (Å²) in [5.41, 5.74) is 0.836. The Hall–Kier alpha value is -1.81. The Morgan fingerprint density at radius 3 is 2.50 bits per heavy atom. The van der Waals surface area contributed by atoms with Crippen LogP contribution in [0.4, 0.5) is 0 Å². The van der Waals surface area contributed by atoms with E-state index in [1.54, 1.807) is 6.07 Å². The summed E-state index contributed by atoms with van der Waals surface area (Å²) < 4.78 is 0. The second-order valence-corrected chi connectivity index (χ2v) is 6.50. The van der Waals surface area contributed by atoms with Crippen LogP contribution >= 0.6 is 11.6 Å². The molecule has 0 heterocycles. The third-order valence-corrected chi connectivity index (χ3v) is 5.12. The smallest absolute Gasteiger partial charge is 0.307 e. The Balaban J connectivity index is 1.76. The van der Waals surface area contributed by atoms with E-state index in [1.807, 2.05) is 37.3 Å². The molecule has 4 nitrogen and oxygen atoms in total. The number of rotatable bonds is 4. The Morgan fingerprint density at radius 2 is 1.86 bits per heavy atom. The number of allylic oxidation sites excluding steroid dienone is 2. The highest BCUT2D eigenvalue weighted by atomic mass is 35.5. The lowest BCUT2D eigenvalue weighted by Gasteiger charge is -2.26. The molecule has 1 aromatic rings. The first-order chi connectivity index (χ1) is 10.5. The van der Waals surface area contributed by atoms with E-state index >= 15 is 0 Å². The standard InChI is InChI=1S/C17H18ClNO3/c1-9(12-4-2-3-5-13(12)18)19-16(20)14-10-6-7-11(8-10)15(14)17(21)22/h2-7,9-11,14-15H,8H2,1H3,(H,19,20)(H,21,22). The molecule has 2 aliphatic carbocycles. The zero-order chi connectivity index (χ0) is 15.9. The Labute approximate surface area is 134 Å². The molecule has 1 saturated carbocycles. The van der Waals surface area contributed by atoms with Crippen LogP contribution in [0.3, 0.4) is 0 Å². The van der Waals surface area contributed by atoms with E-state index in [-0.39, 0.29) is 23.8 Å². The van der Waals surface area contributed by atoms with Gasteiger partial charge in [-0.25, -0.2) is 0 Å². The summed E-state index contributed by atoms with van der Waals surface area (Å²) in [6.45, 7) is 1.86. The third-order valence-electron chi connectivity index (χ3n) is 4.78. The van der Waals surface area contributed by atoms with Gasteiger partial charge in [-0.3, -0.25) is 9.59 Å². The van der Waals surface area contributed by atoms with Gasteiger partial charge in [0.15, 0.2) is 0 Å². The lowest BCUT2D eigenvalue weighted by molar-refractivity contribution is -0.148. The molecule has 5 heteroatoms. The minimum atomic E-state index is -0.887. The highest BCUT2D eigenvalue weighted by Gasteiger charge is 2.51. The van der Waals surface area contributed by atoms with Gasteiger partial charge >= 0.3 is 5.97 Å². The van der Waals surface area contributed by atoms with Crippen molar-refractivity contribution in [3.05, 3.63) is 47.0 Å². The summed E-state index contributed by atoms with van der Waals surface area (Å²) >= 11 is 6.15. The maximum absolute atomic E-state index is 12.6. The molecule has 0 radical (unpaired) electrons. The van der Waals surface area contributed by atoms with Gasteiger partial charge in [0.25, 0.3) is 0 Å². The van der Waals surface area contributed by atoms with Gasteiger partial charge in [0, 0.05) is 5.02 Å². The average molecular weight is 320 g/mol. The lowest BCUT2D eigenvalue weighted by Crippen LogP contribution is -2.41. The van der Waals surface area contributed by atoms with Gasteiger partial charge in [-0.2, -0.15) is 0 Å². The van der Waals surface area contributed by atoms with Crippen molar-refractivity contribution in [3.8, 4) is 0 Å². The molecule has 0 saturated heterocycles. The van der Waals surface area contributed by atoms with Gasteiger partial charge in [-0.1, -0.05) is 42.0 Å². The highest BCUT2D eigenvalue weighted by Crippen LogP contribution is 2.48. The van der Waals surface area contributed by atoms with Gasteiger partial charge in [-0.15, -0.1) is 0 Å². The third kappa shape index (κ3) is 2.52. The molecular weight excluding hydrogens is 302 g/mol. The van der Waals surface area contributed by atoms with Crippen molar-refractivity contribution in [3.63, 3.8) is 0 Å². The second kappa shape index (κ2) is 5.76. The van der Waals surface area contributed by atoms with Gasteiger partial charge in [0.05, 0.1) is 17.9 Å². The fourth-order valence-corrected chi connectivity index (χ4v) is 4.03. The Bertz CT molecular complexity index is 643. The number of amides is 1. The number of carboxylic acids is 1. The number of aliphatic carboxylic acids is 1. The number of hydrogen-bond acceptors (Lipinski definition) is 2. The molecule has 0 aliphatic heterocycles. The predicted octanol–water partition coefficient (Wildman–Crippen LogP) is 3.04. The van der Waals surface area contributed by atoms with Crippen molar-refractivity contribution < 1.29 is 14.7 Å². The van der Waals surface area contributed by atoms with E-state index in [0.717, 1.165) is 12.0 Å². The monoisotopic (exact) mass is 319 g/mol. The number of carbonyl (C=O) groups excluding carboxylic acids is 1. The second-order valence-electron chi connectivity index (χ2n) is 6.09. The van der Waals surface area contributed by atoms with Crippen LogP contribution in [0.5, 0.6) is 0 Å². The molecule has 2 bridgehead atoms. The maximum atomic E-state index is 12.6. The van der Waals surface area contributed by atoms with Gasteiger partial charge in [-0.05, 0) is 36.8 Å². The summed E-state index contributed by atoms with van der Waals surface area (Å²) in [7, 11) is 0. The molecule has 1 amide bonds. The van der Waals surface area contributed by atoms with Crippen molar-refractivity contribution >= 4 is 23.5 Å². The molecule has 3 rings (SSSR count). The molecule has 2 N–H and O–H groups in total. The number of carboxylic acid groups (broad SMARTS) is 1. The van der Waals surface area contributed by atoms with Crippen molar-refractivity contribution in [1.29, 1.82) is 0 Å². The Morgan fingerprint density at radius 1 is 1.23 bits per heavy atom. The number of fused-ring (bicyclic) bond motifs is 2. The van der Waals surface area contributed by atoms with Crippen LogP contribution in [0.25, 0.3) is 0 Å². The van der Waals surface area contributed by atoms with Gasteiger partial charge in [0.2, 0.25) is 5.91 Å². The molecule has 2 aliphatic rings. The highest BCUT2D eigenvalue weighted by molar-refractivity contribution is 6.31. The summed E-state index contributed by atoms with van der Waals surface area (Å²) in [6, 6.07) is 7.09. The number of carbonyl (C=O) groups is 2. The first-order valence-corrected chi connectivity index (χ1v) is 7.82. The molecular formula is C17H18ClNO3. The first kappa shape index (κ1) is 15.1. The minimum absolute atomic E-state index is 0.0196. The quantitative estimate of drug-likeness (QED) is 0.838. The summed E-state index contributed by atoms with van der Waals surface area (Å²) in [4.78, 5) is 24.1. The predicted molar refractivity (Wildman–Crippen MR) is 83.4 cm³/mol. The van der Waals surface area contributed by atoms with Gasteiger partial charge < -0.3 is 10.4 Å². The largest absolute Gasteiger partial charge is 0.481 e. The summed E-state index contributed by atoms with van der Waals surface area (Å²) in [6.07, 6.45) is 4.68. The number of halogens is 1. The maximum Gasteiger partial charge on any atom is 0.307 e. The van der Waals surface area contributed by atoms with Crippen molar-refractivity contribution in [1.82, 2.24) is 5.32 Å². The van der Waals surface area contributed by atoms with E-state index in [9.17, 15) is 14.7 Å². The zero-order valence-corrected chi connectivity index (χ0v) is 13.0. The molecule has 0 spiro atoms. The van der Waals surface area contributed by atoms with Crippen LogP contribution in [0.2, 0.25) is 5.02 Å². The molecule has 116 valence electrons. The SMILES string of the molecule is CC(NC(=O)C1C2C=CC(C2)C1C(=O)O)c1ccccc1Cl. The average Bonchev–Trinajstić information content (AvgIpc) is 3.07. The fourth-order valence-electron chi connectivity index (χ4n) is 3.73. The lowest BCUT2D eigenvalue weighted by atomic mass is 9.82. The van der Waals surface area contributed by atoms with Crippen LogP contribution < -0.4 is 5.32 Å². The van der Waals surface area contributed by atoms with E-state index in [2.05, 4.69) is 5.32 Å². The zero-order valence-electron chi connectivity index (χ0n) is 12.2. The number of benzene rings is 1. The molecule has 1 fully saturated rings. The Kier molecular flexibility index (Phi) is 3.96. The topological polar surface area (TPSA) is 66.4 Å². The van der Waals surface area contributed by atoms with Crippen LogP contribution in [0, 0.1) is 23.7 Å². The fraction of sp³-hybridized carbons (Fsp3) is 0.412. The minimum Gasteiger partial charge on any atom is -0.481 e. The molecule has 1 aromatic carbocycles. The van der Waals surface area contributed by atoms with E-state index in [1.165, 1.54) is 0 Å². The molecule has 22 heavy (non-hydrogen) atoms. The normalized spacial score (nSPS) is 30.3. The first-order valence-electron chi connectivity index (χ1n) is 7.45. The van der Waals surface area contributed by atoms with Crippen molar-refractivity contribution in [2.45, 2.75) is 19.4 Å². The number of nitrogens with one attached hydrogen (secondary N) is 1. The molecule has 0 aromatic heterocycles. The van der Waals surface area contributed by atoms with E-state index < -0.39 is 17.8 Å². The molecule has 5 unspecified atom stereocenters. The van der Waals surface area contributed by atoms with E-state index in [4.69, 9.17) is 11.6 Å².